The standard InChI is InChI=1S/C9H14N2O3S/c1-11(15(2,12)13)9-5-3-4-8(6-9)7-14-10/h3-6H,7,10H2,1-2H3. The van der Waals surface area contributed by atoms with E-state index in [4.69, 9.17) is 5.90 Å². The van der Waals surface area contributed by atoms with E-state index in [1.54, 1.807) is 18.2 Å². The van der Waals surface area contributed by atoms with Crippen molar-refractivity contribution < 1.29 is 13.3 Å². The molecule has 0 saturated heterocycles. The van der Waals surface area contributed by atoms with Crippen molar-refractivity contribution in [3.8, 4) is 0 Å². The molecule has 6 heteroatoms. The van der Waals surface area contributed by atoms with Gasteiger partial charge in [0.1, 0.15) is 0 Å². The van der Waals surface area contributed by atoms with Crippen molar-refractivity contribution in [1.29, 1.82) is 0 Å². The smallest absolute Gasteiger partial charge is 0.231 e. The fraction of sp³-hybridized carbons (Fsp3) is 0.333. The summed E-state index contributed by atoms with van der Waals surface area (Å²) in [5.74, 6) is 4.94. The van der Waals surface area contributed by atoms with Crippen LogP contribution in [0.2, 0.25) is 0 Å². The first kappa shape index (κ1) is 12.0. The zero-order valence-corrected chi connectivity index (χ0v) is 9.49. The molecule has 0 fully saturated rings. The second-order valence-corrected chi connectivity index (χ2v) is 5.23. The van der Waals surface area contributed by atoms with Crippen LogP contribution in [0.5, 0.6) is 0 Å². The van der Waals surface area contributed by atoms with Crippen LogP contribution in [0, 0.1) is 0 Å². The minimum absolute atomic E-state index is 0.255. The SMILES string of the molecule is CN(c1cccc(CON)c1)S(C)(=O)=O. The number of hydrogen-bond donors (Lipinski definition) is 1. The number of sulfonamides is 1. The fourth-order valence-corrected chi connectivity index (χ4v) is 1.63. The zero-order valence-electron chi connectivity index (χ0n) is 8.67. The quantitative estimate of drug-likeness (QED) is 0.763. The normalized spacial score (nSPS) is 11.4. The van der Waals surface area contributed by atoms with Gasteiger partial charge in [-0.3, -0.25) is 9.14 Å². The Balaban J connectivity index is 3.00. The van der Waals surface area contributed by atoms with Gasteiger partial charge in [0.25, 0.3) is 0 Å². The lowest BCUT2D eigenvalue weighted by Crippen LogP contribution is -2.24. The van der Waals surface area contributed by atoms with Gasteiger partial charge in [-0.15, -0.1) is 0 Å². The Labute approximate surface area is 89.5 Å². The molecule has 1 rings (SSSR count). The van der Waals surface area contributed by atoms with Crippen LogP contribution in [0.15, 0.2) is 24.3 Å². The lowest BCUT2D eigenvalue weighted by atomic mass is 10.2. The number of nitrogens with two attached hydrogens (primary N) is 1. The Bertz CT molecular complexity index is 431. The lowest BCUT2D eigenvalue weighted by molar-refractivity contribution is 0.124. The predicted octanol–water partition coefficient (Wildman–Crippen LogP) is 0.473. The Kier molecular flexibility index (Phi) is 3.67. The maximum atomic E-state index is 11.3. The molecular weight excluding hydrogens is 216 g/mol. The van der Waals surface area contributed by atoms with E-state index in [9.17, 15) is 8.42 Å². The van der Waals surface area contributed by atoms with E-state index in [0.717, 1.165) is 11.8 Å². The highest BCUT2D eigenvalue weighted by molar-refractivity contribution is 7.92. The largest absolute Gasteiger partial charge is 0.300 e. The molecule has 5 nitrogen and oxygen atoms in total. The average molecular weight is 230 g/mol. The molecule has 0 unspecified atom stereocenters. The van der Waals surface area contributed by atoms with Gasteiger partial charge < -0.3 is 0 Å². The minimum atomic E-state index is -3.23. The van der Waals surface area contributed by atoms with Gasteiger partial charge in [-0.05, 0) is 17.7 Å². The third-order valence-electron chi connectivity index (χ3n) is 2.02. The minimum Gasteiger partial charge on any atom is -0.300 e. The van der Waals surface area contributed by atoms with E-state index in [0.29, 0.717) is 5.69 Å². The van der Waals surface area contributed by atoms with E-state index < -0.39 is 10.0 Å². The molecule has 15 heavy (non-hydrogen) atoms. The van der Waals surface area contributed by atoms with Crippen LogP contribution in [0.4, 0.5) is 5.69 Å². The van der Waals surface area contributed by atoms with Crippen LogP contribution in [-0.2, 0) is 21.5 Å². The molecule has 0 aliphatic heterocycles. The molecule has 0 bridgehead atoms. The first-order valence-corrected chi connectivity index (χ1v) is 6.14. The van der Waals surface area contributed by atoms with E-state index in [-0.39, 0.29) is 6.61 Å². The van der Waals surface area contributed by atoms with Crippen molar-refractivity contribution in [3.05, 3.63) is 29.8 Å². The molecular formula is C9H14N2O3S. The summed E-state index contributed by atoms with van der Waals surface area (Å²) in [6.45, 7) is 0.255. The molecule has 0 saturated carbocycles. The molecule has 0 aromatic heterocycles. The third kappa shape index (κ3) is 3.19. The van der Waals surface area contributed by atoms with Crippen LogP contribution < -0.4 is 10.2 Å². The molecule has 0 atom stereocenters. The van der Waals surface area contributed by atoms with Crippen molar-refractivity contribution in [3.63, 3.8) is 0 Å². The van der Waals surface area contributed by atoms with E-state index in [1.807, 2.05) is 6.07 Å². The number of anilines is 1. The van der Waals surface area contributed by atoms with E-state index in [2.05, 4.69) is 4.84 Å². The van der Waals surface area contributed by atoms with E-state index in [1.165, 1.54) is 11.4 Å². The summed E-state index contributed by atoms with van der Waals surface area (Å²) in [6, 6.07) is 6.99. The van der Waals surface area contributed by atoms with E-state index >= 15 is 0 Å². The molecule has 1 aromatic rings. The highest BCUT2D eigenvalue weighted by Gasteiger charge is 2.11. The third-order valence-corrected chi connectivity index (χ3v) is 3.23. The van der Waals surface area contributed by atoms with Crippen molar-refractivity contribution in [2.45, 2.75) is 6.61 Å². The Morgan fingerprint density at radius 1 is 1.47 bits per heavy atom. The van der Waals surface area contributed by atoms with Gasteiger partial charge in [-0.2, -0.15) is 0 Å². The topological polar surface area (TPSA) is 72.6 Å². The first-order valence-electron chi connectivity index (χ1n) is 4.29. The lowest BCUT2D eigenvalue weighted by Gasteiger charge is -2.17. The Morgan fingerprint density at radius 2 is 2.13 bits per heavy atom. The molecule has 84 valence electrons. The zero-order chi connectivity index (χ0) is 11.5. The van der Waals surface area contributed by atoms with Gasteiger partial charge in [0.2, 0.25) is 10.0 Å². The molecule has 0 amide bonds. The summed E-state index contributed by atoms with van der Waals surface area (Å²) < 4.78 is 23.7. The molecule has 1 aromatic carbocycles. The van der Waals surface area contributed by atoms with Crippen LogP contribution in [0.25, 0.3) is 0 Å². The molecule has 0 aliphatic carbocycles. The maximum Gasteiger partial charge on any atom is 0.231 e. The van der Waals surface area contributed by atoms with Crippen molar-refractivity contribution in [2.24, 2.45) is 5.90 Å². The summed E-state index contributed by atoms with van der Waals surface area (Å²) in [6.07, 6.45) is 1.15. The molecule has 0 radical (unpaired) electrons. The number of benzene rings is 1. The molecule has 0 spiro atoms. The average Bonchev–Trinajstić information content (AvgIpc) is 2.16. The molecule has 2 N–H and O–H groups in total. The van der Waals surface area contributed by atoms with Gasteiger partial charge in [-0.1, -0.05) is 12.1 Å². The first-order chi connectivity index (χ1) is 6.95. The Morgan fingerprint density at radius 3 is 2.67 bits per heavy atom. The highest BCUT2D eigenvalue weighted by Crippen LogP contribution is 2.17. The van der Waals surface area contributed by atoms with Crippen LogP contribution in [0.3, 0.4) is 0 Å². The van der Waals surface area contributed by atoms with Gasteiger partial charge >= 0.3 is 0 Å². The summed E-state index contributed by atoms with van der Waals surface area (Å²) in [4.78, 5) is 4.48. The second-order valence-electron chi connectivity index (χ2n) is 3.21. The van der Waals surface area contributed by atoms with Crippen molar-refractivity contribution in [1.82, 2.24) is 0 Å². The number of hydrogen-bond acceptors (Lipinski definition) is 4. The van der Waals surface area contributed by atoms with Gasteiger partial charge in [0.05, 0.1) is 18.6 Å². The Hall–Kier alpha value is -1.11. The molecule has 0 aliphatic rings. The summed E-state index contributed by atoms with van der Waals surface area (Å²) in [7, 11) is -1.73. The van der Waals surface area contributed by atoms with Crippen LogP contribution >= 0.6 is 0 Å². The van der Waals surface area contributed by atoms with Gasteiger partial charge in [0, 0.05) is 7.05 Å². The fourth-order valence-electron chi connectivity index (χ4n) is 1.13. The van der Waals surface area contributed by atoms with Crippen molar-refractivity contribution in [2.75, 3.05) is 17.6 Å². The summed E-state index contributed by atoms with van der Waals surface area (Å²) >= 11 is 0. The monoisotopic (exact) mass is 230 g/mol. The number of rotatable bonds is 4. The maximum absolute atomic E-state index is 11.3. The predicted molar refractivity (Wildman–Crippen MR) is 58.7 cm³/mol. The van der Waals surface area contributed by atoms with Crippen LogP contribution in [0.1, 0.15) is 5.56 Å². The number of nitrogens with zero attached hydrogens (tertiary/aromatic N) is 1. The van der Waals surface area contributed by atoms with Gasteiger partial charge in [-0.25, -0.2) is 14.3 Å². The highest BCUT2D eigenvalue weighted by atomic mass is 32.2. The van der Waals surface area contributed by atoms with Crippen molar-refractivity contribution >= 4 is 15.7 Å². The van der Waals surface area contributed by atoms with Crippen LogP contribution in [-0.4, -0.2) is 21.7 Å². The molecule has 0 heterocycles. The summed E-state index contributed by atoms with van der Waals surface area (Å²) in [5, 5.41) is 0. The summed E-state index contributed by atoms with van der Waals surface area (Å²) in [5.41, 5.74) is 1.41. The second kappa shape index (κ2) is 4.61. The van der Waals surface area contributed by atoms with Gasteiger partial charge in [0.15, 0.2) is 0 Å².